The molecule has 2 aliphatic heterocycles. The molecule has 2 fully saturated rings. The Morgan fingerprint density at radius 1 is 0.758 bits per heavy atom. The average molecular weight is 445 g/mol. The van der Waals surface area contributed by atoms with Crippen molar-refractivity contribution in [3.8, 4) is 0 Å². The summed E-state index contributed by atoms with van der Waals surface area (Å²) in [6.07, 6.45) is 0. The van der Waals surface area contributed by atoms with Crippen LogP contribution in [0, 0.1) is 0 Å². The van der Waals surface area contributed by atoms with Gasteiger partial charge in [-0.25, -0.2) is 9.59 Å². The highest BCUT2D eigenvalue weighted by Gasteiger charge is 2.75. The molecule has 4 amide bonds. The molecule has 33 heavy (non-hydrogen) atoms. The van der Waals surface area contributed by atoms with Gasteiger partial charge in [0.2, 0.25) is 0 Å². The highest BCUT2D eigenvalue weighted by atomic mass is 16.2. The van der Waals surface area contributed by atoms with E-state index >= 15 is 0 Å². The number of carbonyl (C=O) groups is 2. The molecule has 0 saturated carbocycles. The van der Waals surface area contributed by atoms with Gasteiger partial charge in [0.15, 0.2) is 11.3 Å². The summed E-state index contributed by atoms with van der Waals surface area (Å²) in [5, 5.41) is 10.8. The Hall–Kier alpha value is -3.84. The number of para-hydroxylation sites is 1. The van der Waals surface area contributed by atoms with E-state index in [2.05, 4.69) is 5.32 Å². The Morgan fingerprint density at radius 2 is 1.21 bits per heavy atom. The number of anilines is 1. The molecule has 3 aromatic rings. The highest BCUT2D eigenvalue weighted by Crippen LogP contribution is 2.57. The van der Waals surface area contributed by atoms with Crippen LogP contribution in [0.25, 0.3) is 0 Å². The molecule has 7 heteroatoms. The molecule has 3 aromatic carbocycles. The summed E-state index contributed by atoms with van der Waals surface area (Å²) in [5.74, 6) is 0. The summed E-state index contributed by atoms with van der Waals surface area (Å²) in [6, 6.07) is 28.5. The van der Waals surface area contributed by atoms with E-state index in [0.29, 0.717) is 5.69 Å². The van der Waals surface area contributed by atoms with Crippen LogP contribution in [0.1, 0.15) is 18.1 Å². The Kier molecular flexibility index (Phi) is 5.82. The number of aliphatic hydroxyl groups excluding tert-OH is 1. The zero-order valence-corrected chi connectivity index (χ0v) is 19.0. The van der Waals surface area contributed by atoms with Crippen LogP contribution < -0.4 is 10.2 Å². The smallest absolute Gasteiger partial charge is 0.326 e. The second kappa shape index (κ2) is 8.60. The van der Waals surface area contributed by atoms with E-state index in [1.165, 1.54) is 0 Å². The summed E-state index contributed by atoms with van der Waals surface area (Å²) >= 11 is 0. The second-order valence-corrected chi connectivity index (χ2v) is 7.93. The Bertz CT molecular complexity index is 1130. The third kappa shape index (κ3) is 3.00. The molecule has 5 rings (SSSR count). The molecule has 2 unspecified atom stereocenters. The molecular weight excluding hydrogens is 416 g/mol. The number of aliphatic hydroxyl groups is 1. The SMILES string of the molecule is CCO.CN1C(=O)N(C)C2(c3ccccc3)N(c3ccccc3)C(=O)NC12c1ccccc1. The number of urea groups is 2. The van der Waals surface area contributed by atoms with Gasteiger partial charge in [0.25, 0.3) is 0 Å². The first-order valence-corrected chi connectivity index (χ1v) is 10.9. The number of nitrogens with one attached hydrogen (secondary N) is 1. The maximum absolute atomic E-state index is 13.6. The minimum atomic E-state index is -1.13. The second-order valence-electron chi connectivity index (χ2n) is 7.93. The number of carbonyl (C=O) groups excluding carboxylic acids is 2. The highest BCUT2D eigenvalue weighted by molar-refractivity contribution is 6.01. The van der Waals surface area contributed by atoms with Crippen molar-refractivity contribution in [2.75, 3.05) is 25.6 Å². The van der Waals surface area contributed by atoms with Crippen molar-refractivity contribution < 1.29 is 14.7 Å². The van der Waals surface area contributed by atoms with Crippen LogP contribution >= 0.6 is 0 Å². The summed E-state index contributed by atoms with van der Waals surface area (Å²) in [7, 11) is 3.50. The van der Waals surface area contributed by atoms with E-state index in [1.54, 1.807) is 35.7 Å². The van der Waals surface area contributed by atoms with Gasteiger partial charge < -0.3 is 10.4 Å². The van der Waals surface area contributed by atoms with E-state index in [-0.39, 0.29) is 18.7 Å². The van der Waals surface area contributed by atoms with Crippen molar-refractivity contribution >= 4 is 17.7 Å². The summed E-state index contributed by atoms with van der Waals surface area (Å²) < 4.78 is 0. The predicted molar refractivity (Wildman–Crippen MR) is 127 cm³/mol. The molecule has 0 aromatic heterocycles. The predicted octanol–water partition coefficient (Wildman–Crippen LogP) is 3.92. The molecule has 2 N–H and O–H groups in total. The number of hydrogen-bond donors (Lipinski definition) is 2. The van der Waals surface area contributed by atoms with E-state index in [1.807, 2.05) is 91.0 Å². The van der Waals surface area contributed by atoms with Gasteiger partial charge in [-0.15, -0.1) is 0 Å². The number of amides is 4. The largest absolute Gasteiger partial charge is 0.397 e. The molecule has 2 aliphatic rings. The van der Waals surface area contributed by atoms with Gasteiger partial charge in [-0.05, 0) is 19.1 Å². The third-order valence-electron chi connectivity index (χ3n) is 6.26. The Balaban J connectivity index is 0.000000821. The molecular formula is C26H28N4O3. The van der Waals surface area contributed by atoms with Crippen LogP contribution in [0.5, 0.6) is 0 Å². The molecule has 0 aliphatic carbocycles. The summed E-state index contributed by atoms with van der Waals surface area (Å²) in [6.45, 7) is 1.93. The zero-order valence-electron chi connectivity index (χ0n) is 19.0. The molecule has 170 valence electrons. The van der Waals surface area contributed by atoms with Gasteiger partial charge in [-0.2, -0.15) is 0 Å². The van der Waals surface area contributed by atoms with Gasteiger partial charge >= 0.3 is 12.1 Å². The van der Waals surface area contributed by atoms with E-state index < -0.39 is 11.3 Å². The first-order chi connectivity index (χ1) is 16.0. The molecule has 2 saturated heterocycles. The Labute approximate surface area is 193 Å². The van der Waals surface area contributed by atoms with Gasteiger partial charge in [0.1, 0.15) is 0 Å². The van der Waals surface area contributed by atoms with Crippen LogP contribution in [0.4, 0.5) is 15.3 Å². The van der Waals surface area contributed by atoms with Gasteiger partial charge in [-0.1, -0.05) is 78.9 Å². The van der Waals surface area contributed by atoms with Crippen molar-refractivity contribution in [2.45, 2.75) is 18.2 Å². The lowest BCUT2D eigenvalue weighted by Gasteiger charge is -2.47. The maximum Gasteiger partial charge on any atom is 0.326 e. The van der Waals surface area contributed by atoms with Gasteiger partial charge in [-0.3, -0.25) is 14.7 Å². The fraction of sp³-hybridized carbons (Fsp3) is 0.231. The van der Waals surface area contributed by atoms with Crippen LogP contribution in [0.2, 0.25) is 0 Å². The van der Waals surface area contributed by atoms with E-state index in [4.69, 9.17) is 5.11 Å². The van der Waals surface area contributed by atoms with Crippen LogP contribution in [-0.4, -0.2) is 47.7 Å². The molecule has 2 atom stereocenters. The maximum atomic E-state index is 13.6. The number of likely N-dealkylation sites (N-methyl/N-ethyl adjacent to an activating group) is 2. The first kappa shape index (κ1) is 22.4. The minimum absolute atomic E-state index is 0.177. The number of nitrogens with zero attached hydrogens (tertiary/aromatic N) is 3. The van der Waals surface area contributed by atoms with Crippen LogP contribution in [0.3, 0.4) is 0 Å². The van der Waals surface area contributed by atoms with E-state index in [9.17, 15) is 9.59 Å². The number of rotatable bonds is 3. The fourth-order valence-electron chi connectivity index (χ4n) is 5.05. The quantitative estimate of drug-likeness (QED) is 0.643. The van der Waals surface area contributed by atoms with Crippen LogP contribution in [0.15, 0.2) is 91.0 Å². The molecule has 0 radical (unpaired) electrons. The lowest BCUT2D eigenvalue weighted by molar-refractivity contribution is 0.0784. The topological polar surface area (TPSA) is 76.1 Å². The Morgan fingerprint density at radius 3 is 1.73 bits per heavy atom. The molecule has 2 heterocycles. The number of hydrogen-bond acceptors (Lipinski definition) is 3. The van der Waals surface area contributed by atoms with Crippen molar-refractivity contribution in [1.82, 2.24) is 15.1 Å². The van der Waals surface area contributed by atoms with Crippen molar-refractivity contribution in [1.29, 1.82) is 0 Å². The molecule has 7 nitrogen and oxygen atoms in total. The molecule has 0 spiro atoms. The number of benzene rings is 3. The summed E-state index contributed by atoms with van der Waals surface area (Å²) in [4.78, 5) is 32.0. The normalized spacial score (nSPS) is 23.7. The summed E-state index contributed by atoms with van der Waals surface area (Å²) in [5.41, 5.74) is 0.151. The van der Waals surface area contributed by atoms with Gasteiger partial charge in [0.05, 0.1) is 0 Å². The third-order valence-corrected chi connectivity index (χ3v) is 6.26. The van der Waals surface area contributed by atoms with Crippen LogP contribution in [-0.2, 0) is 11.3 Å². The first-order valence-electron chi connectivity index (χ1n) is 10.9. The fourth-order valence-corrected chi connectivity index (χ4v) is 5.05. The van der Waals surface area contributed by atoms with Gasteiger partial charge in [0, 0.05) is 37.5 Å². The number of fused-ring (bicyclic) bond motifs is 1. The molecule has 0 bridgehead atoms. The van der Waals surface area contributed by atoms with Crippen molar-refractivity contribution in [3.63, 3.8) is 0 Å². The monoisotopic (exact) mass is 444 g/mol. The standard InChI is InChI=1S/C24H22N4O2.C2H6O/c1-26-22(30)27(2)24(19-14-8-4-9-15-19)23(26,18-12-6-3-7-13-18)25-21(29)28(24)20-16-10-5-11-17-20;1-2-3/h3-17H,1-2H3,(H,25,29);3H,2H2,1H3. The zero-order chi connectivity index (χ0) is 23.6. The average Bonchev–Trinajstić information content (AvgIpc) is 3.22. The lowest BCUT2D eigenvalue weighted by atomic mass is 9.80. The van der Waals surface area contributed by atoms with Crippen molar-refractivity contribution in [2.24, 2.45) is 0 Å². The minimum Gasteiger partial charge on any atom is -0.397 e. The van der Waals surface area contributed by atoms with E-state index in [0.717, 1.165) is 11.1 Å². The lowest BCUT2D eigenvalue weighted by Crippen LogP contribution is -2.62. The van der Waals surface area contributed by atoms with Crippen molar-refractivity contribution in [3.05, 3.63) is 102 Å².